The van der Waals surface area contributed by atoms with Crippen molar-refractivity contribution in [2.75, 3.05) is 17.2 Å². The highest BCUT2D eigenvalue weighted by Gasteiger charge is 2.10. The third kappa shape index (κ3) is 1.90. The molecule has 3 heterocycles. The lowest BCUT2D eigenvalue weighted by atomic mass is 10.0. The van der Waals surface area contributed by atoms with Crippen molar-refractivity contribution in [2.24, 2.45) is 0 Å². The average molecular weight is 265 g/mol. The van der Waals surface area contributed by atoms with E-state index in [0.717, 1.165) is 35.4 Å². The Hall–Kier alpha value is -2.49. The highest BCUT2D eigenvalue weighted by atomic mass is 16.3. The van der Waals surface area contributed by atoms with E-state index < -0.39 is 0 Å². The molecule has 2 aromatic heterocycles. The van der Waals surface area contributed by atoms with Gasteiger partial charge < -0.3 is 15.1 Å². The summed E-state index contributed by atoms with van der Waals surface area (Å²) < 4.78 is 5.40. The zero-order valence-corrected chi connectivity index (χ0v) is 11.0. The number of pyridine rings is 1. The van der Waals surface area contributed by atoms with Gasteiger partial charge in [0.1, 0.15) is 11.4 Å². The molecule has 0 fully saturated rings. The van der Waals surface area contributed by atoms with Crippen LogP contribution in [0, 0.1) is 0 Å². The van der Waals surface area contributed by atoms with Crippen LogP contribution in [0.4, 0.5) is 17.2 Å². The number of furan rings is 1. The molecule has 0 atom stereocenters. The number of hydrogen-bond acceptors (Lipinski definition) is 4. The summed E-state index contributed by atoms with van der Waals surface area (Å²) in [6.07, 6.45) is 5.76. The second-order valence-corrected chi connectivity index (χ2v) is 5.02. The normalized spacial score (nSPS) is 13.8. The number of nitrogens with one attached hydrogen (secondary N) is 2. The standard InChI is InChI=1S/C16H15N3O/c1-2-11-10-12(3-4-14(11)17-7-1)19-16-13-6-9-20-15(13)5-8-18-16/h3-6,8-10,17H,1-2,7H2,(H,18,19). The number of fused-ring (bicyclic) bond motifs is 2. The van der Waals surface area contributed by atoms with Gasteiger partial charge in [-0.05, 0) is 48.7 Å². The lowest BCUT2D eigenvalue weighted by Gasteiger charge is -2.19. The molecule has 100 valence electrons. The minimum absolute atomic E-state index is 0.833. The van der Waals surface area contributed by atoms with Crippen LogP contribution in [0.3, 0.4) is 0 Å². The van der Waals surface area contributed by atoms with E-state index >= 15 is 0 Å². The fraction of sp³-hybridized carbons (Fsp3) is 0.188. The number of nitrogens with zero attached hydrogens (tertiary/aromatic N) is 1. The molecule has 0 bridgehead atoms. The van der Waals surface area contributed by atoms with Gasteiger partial charge in [-0.2, -0.15) is 0 Å². The molecule has 0 spiro atoms. The first-order valence-corrected chi connectivity index (χ1v) is 6.86. The van der Waals surface area contributed by atoms with Crippen molar-refractivity contribution in [2.45, 2.75) is 12.8 Å². The maximum Gasteiger partial charge on any atom is 0.141 e. The second kappa shape index (κ2) is 4.56. The van der Waals surface area contributed by atoms with Crippen molar-refractivity contribution in [3.63, 3.8) is 0 Å². The largest absolute Gasteiger partial charge is 0.464 e. The predicted molar refractivity (Wildman–Crippen MR) is 80.5 cm³/mol. The van der Waals surface area contributed by atoms with Gasteiger partial charge in [0.15, 0.2) is 0 Å². The van der Waals surface area contributed by atoms with Crippen molar-refractivity contribution in [3.8, 4) is 0 Å². The van der Waals surface area contributed by atoms with Crippen LogP contribution in [0.25, 0.3) is 11.0 Å². The Bertz CT molecular complexity index is 763. The minimum atomic E-state index is 0.833. The molecule has 4 rings (SSSR count). The molecule has 2 N–H and O–H groups in total. The quantitative estimate of drug-likeness (QED) is 0.737. The van der Waals surface area contributed by atoms with Crippen molar-refractivity contribution >= 4 is 28.2 Å². The van der Waals surface area contributed by atoms with Gasteiger partial charge in [0.2, 0.25) is 0 Å². The first kappa shape index (κ1) is 11.3. The molecule has 0 unspecified atom stereocenters. The smallest absolute Gasteiger partial charge is 0.141 e. The first-order valence-electron chi connectivity index (χ1n) is 6.86. The molecule has 0 saturated heterocycles. The summed E-state index contributed by atoms with van der Waals surface area (Å²) in [5, 5.41) is 7.81. The van der Waals surface area contributed by atoms with Crippen LogP contribution in [0.2, 0.25) is 0 Å². The molecule has 1 aromatic carbocycles. The molecule has 4 heteroatoms. The molecular formula is C16H15N3O. The van der Waals surface area contributed by atoms with E-state index in [9.17, 15) is 0 Å². The Morgan fingerprint density at radius 1 is 1.20 bits per heavy atom. The highest BCUT2D eigenvalue weighted by molar-refractivity contribution is 5.89. The molecule has 0 radical (unpaired) electrons. The lowest BCUT2D eigenvalue weighted by Crippen LogP contribution is -2.11. The van der Waals surface area contributed by atoms with Gasteiger partial charge >= 0.3 is 0 Å². The summed E-state index contributed by atoms with van der Waals surface area (Å²) >= 11 is 0. The zero-order chi connectivity index (χ0) is 13.4. The molecule has 0 aliphatic carbocycles. The van der Waals surface area contributed by atoms with Crippen LogP contribution < -0.4 is 10.6 Å². The third-order valence-electron chi connectivity index (χ3n) is 3.69. The van der Waals surface area contributed by atoms with E-state index in [-0.39, 0.29) is 0 Å². The SMILES string of the molecule is c1cc2occc2c(Nc2ccc3c(c2)CCCN3)n1. The van der Waals surface area contributed by atoms with Crippen LogP contribution in [0.1, 0.15) is 12.0 Å². The summed E-state index contributed by atoms with van der Waals surface area (Å²) in [5.41, 5.74) is 4.52. The number of benzene rings is 1. The Morgan fingerprint density at radius 3 is 3.20 bits per heavy atom. The third-order valence-corrected chi connectivity index (χ3v) is 3.69. The van der Waals surface area contributed by atoms with Crippen LogP contribution in [-0.4, -0.2) is 11.5 Å². The van der Waals surface area contributed by atoms with Gasteiger partial charge in [-0.25, -0.2) is 4.98 Å². The molecule has 20 heavy (non-hydrogen) atoms. The van der Waals surface area contributed by atoms with E-state index in [4.69, 9.17) is 4.42 Å². The fourth-order valence-corrected chi connectivity index (χ4v) is 2.68. The topological polar surface area (TPSA) is 50.1 Å². The number of aryl methyl sites for hydroxylation is 1. The maximum absolute atomic E-state index is 5.40. The molecular weight excluding hydrogens is 250 g/mol. The number of rotatable bonds is 2. The Balaban J connectivity index is 1.70. The Morgan fingerprint density at radius 2 is 2.20 bits per heavy atom. The number of anilines is 3. The van der Waals surface area contributed by atoms with Crippen molar-refractivity contribution in [1.82, 2.24) is 4.98 Å². The summed E-state index contributed by atoms with van der Waals surface area (Å²) in [4.78, 5) is 4.40. The van der Waals surface area contributed by atoms with Crippen LogP contribution in [-0.2, 0) is 6.42 Å². The van der Waals surface area contributed by atoms with Gasteiger partial charge in [0, 0.05) is 24.1 Å². The van der Waals surface area contributed by atoms with E-state index in [1.54, 1.807) is 12.5 Å². The highest BCUT2D eigenvalue weighted by Crippen LogP contribution is 2.29. The number of hydrogen-bond donors (Lipinski definition) is 2. The van der Waals surface area contributed by atoms with Crippen LogP contribution >= 0.6 is 0 Å². The summed E-state index contributed by atoms with van der Waals surface area (Å²) in [7, 11) is 0. The predicted octanol–water partition coefficient (Wildman–Crippen LogP) is 3.93. The first-order chi connectivity index (χ1) is 9.90. The van der Waals surface area contributed by atoms with Crippen molar-refractivity contribution in [1.29, 1.82) is 0 Å². The molecule has 3 aromatic rings. The fourth-order valence-electron chi connectivity index (χ4n) is 2.68. The summed E-state index contributed by atoms with van der Waals surface area (Å²) in [5.74, 6) is 0.833. The average Bonchev–Trinajstić information content (AvgIpc) is 2.97. The lowest BCUT2D eigenvalue weighted by molar-refractivity contribution is 0.615. The molecule has 1 aliphatic heterocycles. The van der Waals surface area contributed by atoms with Gasteiger partial charge in [-0.3, -0.25) is 0 Å². The second-order valence-electron chi connectivity index (χ2n) is 5.02. The number of aromatic nitrogens is 1. The minimum Gasteiger partial charge on any atom is -0.464 e. The van der Waals surface area contributed by atoms with E-state index in [2.05, 4.69) is 33.8 Å². The molecule has 1 aliphatic rings. The van der Waals surface area contributed by atoms with Crippen molar-refractivity contribution < 1.29 is 4.42 Å². The van der Waals surface area contributed by atoms with Gasteiger partial charge in [0.05, 0.1) is 11.6 Å². The van der Waals surface area contributed by atoms with Gasteiger partial charge in [-0.15, -0.1) is 0 Å². The zero-order valence-electron chi connectivity index (χ0n) is 11.0. The Kier molecular flexibility index (Phi) is 2.59. The van der Waals surface area contributed by atoms with Gasteiger partial charge in [-0.1, -0.05) is 0 Å². The monoisotopic (exact) mass is 265 g/mol. The maximum atomic E-state index is 5.40. The summed E-state index contributed by atoms with van der Waals surface area (Å²) in [6.45, 7) is 1.07. The van der Waals surface area contributed by atoms with E-state index in [1.165, 1.54) is 17.7 Å². The van der Waals surface area contributed by atoms with Crippen LogP contribution in [0.5, 0.6) is 0 Å². The molecule has 0 amide bonds. The van der Waals surface area contributed by atoms with Crippen molar-refractivity contribution in [3.05, 3.63) is 48.4 Å². The molecule has 4 nitrogen and oxygen atoms in total. The van der Waals surface area contributed by atoms with Crippen LogP contribution in [0.15, 0.2) is 47.2 Å². The van der Waals surface area contributed by atoms with E-state index in [1.807, 2.05) is 12.1 Å². The van der Waals surface area contributed by atoms with Gasteiger partial charge in [0.25, 0.3) is 0 Å². The Labute approximate surface area is 116 Å². The summed E-state index contributed by atoms with van der Waals surface area (Å²) in [6, 6.07) is 10.2. The molecule has 0 saturated carbocycles. The van der Waals surface area contributed by atoms with E-state index in [0.29, 0.717) is 0 Å².